The van der Waals surface area contributed by atoms with Crippen LogP contribution in [0.15, 0.2) is 47.5 Å². The smallest absolute Gasteiger partial charge is 0.290 e. The van der Waals surface area contributed by atoms with Crippen molar-refractivity contribution in [3.8, 4) is 0 Å². The second-order valence-corrected chi connectivity index (χ2v) is 6.95. The quantitative estimate of drug-likeness (QED) is 0.908. The molecule has 0 amide bonds. The molecule has 2 saturated heterocycles. The van der Waals surface area contributed by atoms with E-state index in [1.807, 2.05) is 0 Å². The van der Waals surface area contributed by atoms with Crippen molar-refractivity contribution in [2.45, 2.75) is 11.8 Å². The molecule has 1 aromatic heterocycles. The van der Waals surface area contributed by atoms with Gasteiger partial charge in [0.15, 0.2) is 5.82 Å². The first-order valence-corrected chi connectivity index (χ1v) is 8.91. The number of H-pyrrole nitrogens is 1. The van der Waals surface area contributed by atoms with E-state index in [1.54, 1.807) is 12.4 Å². The second kappa shape index (κ2) is 6.98. The van der Waals surface area contributed by atoms with Crippen molar-refractivity contribution in [2.24, 2.45) is 0 Å². The zero-order valence-electron chi connectivity index (χ0n) is 14.4. The zero-order valence-corrected chi connectivity index (χ0v) is 14.4. The van der Waals surface area contributed by atoms with E-state index in [4.69, 9.17) is 4.74 Å². The summed E-state index contributed by atoms with van der Waals surface area (Å²) in [6, 6.07) is 10.7. The average molecular weight is 340 g/mol. The van der Waals surface area contributed by atoms with Crippen LogP contribution in [0.1, 0.15) is 12.0 Å². The number of aromatic amines is 1. The molecule has 1 aromatic carbocycles. The van der Waals surface area contributed by atoms with E-state index < -0.39 is 0 Å². The van der Waals surface area contributed by atoms with E-state index in [0.29, 0.717) is 5.82 Å². The van der Waals surface area contributed by atoms with Crippen LogP contribution in [0.2, 0.25) is 0 Å². The monoisotopic (exact) mass is 340 g/mol. The van der Waals surface area contributed by atoms with Crippen LogP contribution in [-0.4, -0.2) is 60.8 Å². The Labute approximate surface area is 147 Å². The number of hydrogen-bond acceptors (Lipinski definition) is 5. The molecule has 25 heavy (non-hydrogen) atoms. The Morgan fingerprint density at radius 2 is 1.96 bits per heavy atom. The van der Waals surface area contributed by atoms with Crippen LogP contribution in [0, 0.1) is 0 Å². The molecule has 4 rings (SSSR count). The van der Waals surface area contributed by atoms with E-state index >= 15 is 0 Å². The van der Waals surface area contributed by atoms with Crippen LogP contribution in [0.25, 0.3) is 0 Å². The molecule has 1 N–H and O–H groups in total. The van der Waals surface area contributed by atoms with Gasteiger partial charge in [-0.05, 0) is 12.0 Å². The lowest BCUT2D eigenvalue weighted by atomic mass is 9.79. The number of benzene rings is 1. The maximum Gasteiger partial charge on any atom is 0.290 e. The number of ether oxygens (including phenoxy) is 1. The van der Waals surface area contributed by atoms with E-state index in [2.05, 4.69) is 50.1 Å². The highest BCUT2D eigenvalue weighted by molar-refractivity contribution is 5.36. The summed E-state index contributed by atoms with van der Waals surface area (Å²) in [4.78, 5) is 23.4. The van der Waals surface area contributed by atoms with Gasteiger partial charge >= 0.3 is 0 Å². The lowest BCUT2D eigenvalue weighted by molar-refractivity contribution is 0.147. The predicted molar refractivity (Wildman–Crippen MR) is 97.1 cm³/mol. The zero-order chi connectivity index (χ0) is 17.1. The fraction of sp³-hybridized carbons (Fsp3) is 0.474. The first-order valence-electron chi connectivity index (χ1n) is 8.91. The first-order chi connectivity index (χ1) is 12.3. The molecular formula is C19H24N4O2. The van der Waals surface area contributed by atoms with Gasteiger partial charge in [-0.3, -0.25) is 9.69 Å². The predicted octanol–water partition coefficient (Wildman–Crippen LogP) is 1.25. The third-order valence-corrected chi connectivity index (χ3v) is 5.38. The Hall–Kier alpha value is -2.18. The normalized spacial score (nSPS) is 24.6. The van der Waals surface area contributed by atoms with Crippen molar-refractivity contribution in [2.75, 3.05) is 50.8 Å². The number of rotatable bonds is 4. The van der Waals surface area contributed by atoms with E-state index in [0.717, 1.165) is 52.4 Å². The second-order valence-electron chi connectivity index (χ2n) is 6.95. The van der Waals surface area contributed by atoms with Crippen molar-refractivity contribution >= 4 is 5.82 Å². The van der Waals surface area contributed by atoms with Crippen LogP contribution in [0.5, 0.6) is 0 Å². The number of hydrogen-bond donors (Lipinski definition) is 1. The fourth-order valence-electron chi connectivity index (χ4n) is 3.96. The Morgan fingerprint density at radius 1 is 1.16 bits per heavy atom. The molecule has 2 aliphatic heterocycles. The summed E-state index contributed by atoms with van der Waals surface area (Å²) >= 11 is 0. The molecule has 2 aliphatic rings. The Bertz CT molecular complexity index is 747. The van der Waals surface area contributed by atoms with Crippen LogP contribution >= 0.6 is 0 Å². The van der Waals surface area contributed by atoms with Gasteiger partial charge in [0.25, 0.3) is 5.56 Å². The molecule has 0 unspecified atom stereocenters. The number of aromatic nitrogens is 2. The molecule has 3 heterocycles. The van der Waals surface area contributed by atoms with Gasteiger partial charge < -0.3 is 14.6 Å². The third kappa shape index (κ3) is 3.32. The molecule has 132 valence electrons. The van der Waals surface area contributed by atoms with Gasteiger partial charge in [-0.2, -0.15) is 0 Å². The molecule has 0 bridgehead atoms. The molecular weight excluding hydrogens is 316 g/mol. The Balaban J connectivity index is 1.44. The molecule has 0 radical (unpaired) electrons. The van der Waals surface area contributed by atoms with Gasteiger partial charge in [0.2, 0.25) is 0 Å². The van der Waals surface area contributed by atoms with E-state index in [9.17, 15) is 4.79 Å². The summed E-state index contributed by atoms with van der Waals surface area (Å²) in [5.74, 6) is 0.532. The standard InChI is InChI=1S/C19H24N4O2/c24-18-17(20-7-8-21-18)23-11-9-22(10-12-23)14-19(6-13-25-15-19)16-4-2-1-3-5-16/h1-5,7-8H,6,9-15H2,(H,21,24)/t19-/m0/s1. The molecule has 2 fully saturated rings. The van der Waals surface area contributed by atoms with Crippen molar-refractivity contribution in [1.29, 1.82) is 0 Å². The van der Waals surface area contributed by atoms with Crippen LogP contribution in [0.4, 0.5) is 5.82 Å². The van der Waals surface area contributed by atoms with Gasteiger partial charge in [0, 0.05) is 57.1 Å². The van der Waals surface area contributed by atoms with Crippen molar-refractivity contribution < 1.29 is 4.74 Å². The summed E-state index contributed by atoms with van der Waals surface area (Å²) in [6.45, 7) is 6.14. The summed E-state index contributed by atoms with van der Waals surface area (Å²) in [5.41, 5.74) is 1.35. The van der Waals surface area contributed by atoms with Crippen molar-refractivity contribution in [3.05, 3.63) is 58.6 Å². The van der Waals surface area contributed by atoms with E-state index in [-0.39, 0.29) is 11.0 Å². The van der Waals surface area contributed by atoms with Crippen molar-refractivity contribution in [1.82, 2.24) is 14.9 Å². The minimum atomic E-state index is -0.110. The number of anilines is 1. The summed E-state index contributed by atoms with van der Waals surface area (Å²) in [5, 5.41) is 0. The molecule has 2 aromatic rings. The number of piperazine rings is 1. The van der Waals surface area contributed by atoms with Gasteiger partial charge in [0.1, 0.15) is 0 Å². The first kappa shape index (κ1) is 16.3. The Kier molecular flexibility index (Phi) is 4.55. The maximum absolute atomic E-state index is 11.9. The lowest BCUT2D eigenvalue weighted by Gasteiger charge is -2.40. The fourth-order valence-corrected chi connectivity index (χ4v) is 3.96. The summed E-state index contributed by atoms with van der Waals surface area (Å²) in [7, 11) is 0. The highest BCUT2D eigenvalue weighted by Crippen LogP contribution is 2.34. The molecule has 0 saturated carbocycles. The molecule has 0 aliphatic carbocycles. The van der Waals surface area contributed by atoms with E-state index in [1.165, 1.54) is 5.56 Å². The van der Waals surface area contributed by atoms with Gasteiger partial charge in [0.05, 0.1) is 6.61 Å². The summed E-state index contributed by atoms with van der Waals surface area (Å²) < 4.78 is 5.77. The molecule has 1 atom stereocenters. The molecule has 6 heteroatoms. The van der Waals surface area contributed by atoms with Gasteiger partial charge in [-0.25, -0.2) is 4.98 Å². The minimum absolute atomic E-state index is 0.0892. The van der Waals surface area contributed by atoms with Crippen LogP contribution in [-0.2, 0) is 10.2 Å². The highest BCUT2D eigenvalue weighted by Gasteiger charge is 2.38. The minimum Gasteiger partial charge on any atom is -0.380 e. The third-order valence-electron chi connectivity index (χ3n) is 5.38. The molecule has 6 nitrogen and oxygen atoms in total. The summed E-state index contributed by atoms with van der Waals surface area (Å²) in [6.07, 6.45) is 4.28. The maximum atomic E-state index is 11.9. The average Bonchev–Trinajstić information content (AvgIpc) is 3.13. The van der Waals surface area contributed by atoms with Crippen LogP contribution < -0.4 is 10.5 Å². The highest BCUT2D eigenvalue weighted by atomic mass is 16.5. The van der Waals surface area contributed by atoms with Gasteiger partial charge in [-0.15, -0.1) is 0 Å². The molecule has 0 spiro atoms. The topological polar surface area (TPSA) is 61.5 Å². The SMILES string of the molecule is O=c1[nH]ccnc1N1CCN(C[C@@]2(c3ccccc3)CCOC2)CC1. The largest absolute Gasteiger partial charge is 0.380 e. The number of nitrogens with zero attached hydrogens (tertiary/aromatic N) is 3. The van der Waals surface area contributed by atoms with Crippen molar-refractivity contribution in [3.63, 3.8) is 0 Å². The Morgan fingerprint density at radius 3 is 2.64 bits per heavy atom. The van der Waals surface area contributed by atoms with Gasteiger partial charge in [-0.1, -0.05) is 30.3 Å². The number of nitrogens with one attached hydrogen (secondary N) is 1. The lowest BCUT2D eigenvalue weighted by Crippen LogP contribution is -2.52. The van der Waals surface area contributed by atoms with Crippen LogP contribution in [0.3, 0.4) is 0 Å².